The van der Waals surface area contributed by atoms with Crippen molar-refractivity contribution in [2.45, 2.75) is 116 Å². The van der Waals surface area contributed by atoms with Crippen LogP contribution in [0.15, 0.2) is 17.1 Å². The summed E-state index contributed by atoms with van der Waals surface area (Å²) in [4.78, 5) is 6.79. The van der Waals surface area contributed by atoms with Gasteiger partial charge in [0, 0.05) is 12.8 Å². The van der Waals surface area contributed by atoms with Crippen LogP contribution in [0.25, 0.3) is 0 Å². The van der Waals surface area contributed by atoms with Crippen molar-refractivity contribution >= 4 is 6.21 Å². The zero-order valence-electron chi connectivity index (χ0n) is 17.0. The minimum absolute atomic E-state index is 0.104. The van der Waals surface area contributed by atoms with Gasteiger partial charge in [0.2, 0.25) is 0 Å². The lowest BCUT2D eigenvalue weighted by Gasteiger charge is -2.26. The summed E-state index contributed by atoms with van der Waals surface area (Å²) in [6, 6.07) is 0. The zero-order chi connectivity index (χ0) is 18.2. The number of aliphatic imine (C=N–C) groups is 1. The van der Waals surface area contributed by atoms with Gasteiger partial charge in [-0.05, 0) is 32.6 Å². The minimum Gasteiger partial charge on any atom is -0.316 e. The Kier molecular flexibility index (Phi) is 13.9. The van der Waals surface area contributed by atoms with E-state index in [-0.39, 0.29) is 6.17 Å². The molecule has 0 aromatic heterocycles. The fourth-order valence-corrected chi connectivity index (χ4v) is 3.56. The van der Waals surface area contributed by atoms with Crippen LogP contribution in [0.5, 0.6) is 0 Å². The van der Waals surface area contributed by atoms with E-state index < -0.39 is 0 Å². The zero-order valence-corrected chi connectivity index (χ0v) is 17.0. The van der Waals surface area contributed by atoms with Crippen molar-refractivity contribution in [3.63, 3.8) is 0 Å². The molecule has 1 aliphatic heterocycles. The molecule has 2 N–H and O–H groups in total. The van der Waals surface area contributed by atoms with Crippen molar-refractivity contribution < 1.29 is 0 Å². The van der Waals surface area contributed by atoms with Gasteiger partial charge in [0.1, 0.15) is 6.17 Å². The molecule has 0 aromatic carbocycles. The van der Waals surface area contributed by atoms with Crippen LogP contribution in [-0.2, 0) is 0 Å². The van der Waals surface area contributed by atoms with E-state index in [1.54, 1.807) is 0 Å². The van der Waals surface area contributed by atoms with Crippen LogP contribution < -0.4 is 5.73 Å². The highest BCUT2D eigenvalue weighted by molar-refractivity contribution is 5.62. The second kappa shape index (κ2) is 15.6. The fourth-order valence-electron chi connectivity index (χ4n) is 3.56. The van der Waals surface area contributed by atoms with Gasteiger partial charge in [0.05, 0.1) is 6.17 Å². The van der Waals surface area contributed by atoms with E-state index in [0.29, 0.717) is 6.17 Å². The number of unbranched alkanes of at least 4 members (excludes halogenated alkanes) is 11. The van der Waals surface area contributed by atoms with E-state index in [9.17, 15) is 0 Å². The molecule has 1 aliphatic rings. The Bertz CT molecular complexity index is 349. The van der Waals surface area contributed by atoms with Crippen molar-refractivity contribution in [3.05, 3.63) is 12.2 Å². The first-order valence-electron chi connectivity index (χ1n) is 10.9. The topological polar surface area (TPSA) is 41.6 Å². The fraction of sp³-hybridized carbons (Fsp3) is 0.864. The Balaban J connectivity index is 1.83. The number of hydrogen-bond donors (Lipinski definition) is 1. The van der Waals surface area contributed by atoms with Gasteiger partial charge < -0.3 is 5.73 Å². The number of nitrogens with two attached hydrogens (primary N) is 1. The van der Waals surface area contributed by atoms with Crippen LogP contribution in [-0.4, -0.2) is 30.0 Å². The second-order valence-electron chi connectivity index (χ2n) is 7.62. The smallest absolute Gasteiger partial charge is 0.103 e. The summed E-state index contributed by atoms with van der Waals surface area (Å²) in [5, 5.41) is 0. The molecule has 2 atom stereocenters. The number of allylic oxidation sites excluding steroid dienone is 2. The number of rotatable bonds is 16. The molecule has 0 fully saturated rings. The second-order valence-corrected chi connectivity index (χ2v) is 7.62. The molecule has 0 aromatic rings. The quantitative estimate of drug-likeness (QED) is 0.272. The first kappa shape index (κ1) is 22.4. The molecule has 0 saturated carbocycles. The normalized spacial score (nSPS) is 19.2. The maximum atomic E-state index is 5.97. The number of nitrogens with zero attached hydrogens (tertiary/aromatic N) is 2. The van der Waals surface area contributed by atoms with E-state index in [4.69, 9.17) is 5.73 Å². The molecule has 0 radical (unpaired) electrons. The molecule has 0 amide bonds. The molecule has 3 nitrogen and oxygen atoms in total. The maximum absolute atomic E-state index is 5.97. The van der Waals surface area contributed by atoms with Crippen molar-refractivity contribution in [2.75, 3.05) is 6.54 Å². The third-order valence-electron chi connectivity index (χ3n) is 5.21. The van der Waals surface area contributed by atoms with Crippen LogP contribution in [0.1, 0.15) is 104 Å². The molecule has 0 spiro atoms. The highest BCUT2D eigenvalue weighted by atomic mass is 15.3. The summed E-state index contributed by atoms with van der Waals surface area (Å²) in [5.41, 5.74) is 5.97. The van der Waals surface area contributed by atoms with Crippen molar-refractivity contribution in [1.82, 2.24) is 4.90 Å². The lowest BCUT2D eigenvalue weighted by atomic mass is 10.1. The maximum Gasteiger partial charge on any atom is 0.103 e. The van der Waals surface area contributed by atoms with Crippen LogP contribution in [0, 0.1) is 0 Å². The molecule has 1 heterocycles. The summed E-state index contributed by atoms with van der Waals surface area (Å²) >= 11 is 0. The van der Waals surface area contributed by atoms with Gasteiger partial charge in [0.25, 0.3) is 0 Å². The Morgan fingerprint density at radius 1 is 0.960 bits per heavy atom. The van der Waals surface area contributed by atoms with Crippen LogP contribution in [0.2, 0.25) is 0 Å². The molecule has 3 heteroatoms. The summed E-state index contributed by atoms with van der Waals surface area (Å²) in [6.45, 7) is 5.24. The average molecular weight is 350 g/mol. The predicted molar refractivity (Wildman–Crippen MR) is 112 cm³/mol. The molecular formula is C22H43N3. The van der Waals surface area contributed by atoms with Gasteiger partial charge >= 0.3 is 0 Å². The van der Waals surface area contributed by atoms with E-state index in [1.807, 2.05) is 13.1 Å². The standard InChI is InChI=1S/C22H43N3/c1-3-4-5-6-7-8-9-10-11-12-13-14-15-16-17-18-22-24-19-20-25(22)21(2)23/h15-16,19,21-22H,3-14,17-18,20,23H2,1-2H3/b16-15+. The minimum atomic E-state index is 0.104. The molecular weight excluding hydrogens is 306 g/mol. The molecule has 0 aliphatic carbocycles. The van der Waals surface area contributed by atoms with E-state index in [1.165, 1.54) is 77.0 Å². The molecule has 0 saturated heterocycles. The van der Waals surface area contributed by atoms with Gasteiger partial charge in [-0.3, -0.25) is 9.89 Å². The average Bonchev–Trinajstić information content (AvgIpc) is 3.07. The monoisotopic (exact) mass is 349 g/mol. The largest absolute Gasteiger partial charge is 0.316 e. The highest BCUT2D eigenvalue weighted by Crippen LogP contribution is 2.15. The molecule has 2 unspecified atom stereocenters. The van der Waals surface area contributed by atoms with Crippen LogP contribution >= 0.6 is 0 Å². The van der Waals surface area contributed by atoms with Crippen LogP contribution in [0.4, 0.5) is 0 Å². The Morgan fingerprint density at radius 3 is 2.12 bits per heavy atom. The van der Waals surface area contributed by atoms with Gasteiger partial charge in [-0.1, -0.05) is 83.3 Å². The highest BCUT2D eigenvalue weighted by Gasteiger charge is 2.22. The van der Waals surface area contributed by atoms with Crippen molar-refractivity contribution in [1.29, 1.82) is 0 Å². The SMILES string of the molecule is CCCCCCCCCCCCC/C=C/CCC1N=CCN1C(C)N. The Hall–Kier alpha value is -0.670. The van der Waals surface area contributed by atoms with Gasteiger partial charge in [-0.15, -0.1) is 0 Å². The van der Waals surface area contributed by atoms with E-state index in [0.717, 1.165) is 19.4 Å². The summed E-state index contributed by atoms with van der Waals surface area (Å²) in [6.07, 6.45) is 26.2. The van der Waals surface area contributed by atoms with E-state index >= 15 is 0 Å². The van der Waals surface area contributed by atoms with Crippen LogP contribution in [0.3, 0.4) is 0 Å². The third kappa shape index (κ3) is 11.5. The molecule has 1 rings (SSSR count). The van der Waals surface area contributed by atoms with Gasteiger partial charge in [-0.2, -0.15) is 0 Å². The first-order valence-corrected chi connectivity index (χ1v) is 10.9. The lowest BCUT2D eigenvalue weighted by Crippen LogP contribution is -2.43. The van der Waals surface area contributed by atoms with Crippen molar-refractivity contribution in [2.24, 2.45) is 10.7 Å². The van der Waals surface area contributed by atoms with E-state index in [2.05, 4.69) is 29.0 Å². The summed E-state index contributed by atoms with van der Waals surface area (Å²) in [5.74, 6) is 0. The molecule has 25 heavy (non-hydrogen) atoms. The Morgan fingerprint density at radius 2 is 1.52 bits per heavy atom. The third-order valence-corrected chi connectivity index (χ3v) is 5.21. The first-order chi connectivity index (χ1) is 12.3. The lowest BCUT2D eigenvalue weighted by molar-refractivity contribution is 0.186. The number of hydrogen-bond acceptors (Lipinski definition) is 3. The molecule has 0 bridgehead atoms. The van der Waals surface area contributed by atoms with Gasteiger partial charge in [-0.25, -0.2) is 0 Å². The Labute approximate surface area is 157 Å². The summed E-state index contributed by atoms with van der Waals surface area (Å²) < 4.78 is 0. The van der Waals surface area contributed by atoms with Crippen molar-refractivity contribution in [3.8, 4) is 0 Å². The van der Waals surface area contributed by atoms with Gasteiger partial charge in [0.15, 0.2) is 0 Å². The predicted octanol–water partition coefficient (Wildman–Crippen LogP) is 6.04. The summed E-state index contributed by atoms with van der Waals surface area (Å²) in [7, 11) is 0. The molecule has 146 valence electrons.